The molecule has 102 valence electrons. The zero-order chi connectivity index (χ0) is 13.4. The van der Waals surface area contributed by atoms with Crippen LogP contribution in [-0.4, -0.2) is 30.3 Å². The summed E-state index contributed by atoms with van der Waals surface area (Å²) >= 11 is 0. The van der Waals surface area contributed by atoms with Crippen molar-refractivity contribution < 1.29 is 4.74 Å². The van der Waals surface area contributed by atoms with Crippen LogP contribution in [0.5, 0.6) is 0 Å². The summed E-state index contributed by atoms with van der Waals surface area (Å²) in [6.07, 6.45) is 6.72. The van der Waals surface area contributed by atoms with Gasteiger partial charge in [-0.3, -0.25) is 4.98 Å². The average Bonchev–Trinajstić information content (AvgIpc) is 2.43. The first-order chi connectivity index (χ1) is 8.72. The third-order valence-corrected chi connectivity index (χ3v) is 3.88. The molecule has 0 saturated heterocycles. The lowest BCUT2D eigenvalue weighted by atomic mass is 9.84. The molecular weight excluding hydrogens is 224 g/mol. The standard InChI is InChI=1S/C15H26N2O/c1-5-15(6-2,18-4)14(17-7-3)12-13-8-10-16-11-9-13/h8-11,14,17H,5-7,12H2,1-4H3. The quantitative estimate of drug-likeness (QED) is 0.770. The lowest BCUT2D eigenvalue weighted by Crippen LogP contribution is -2.52. The molecule has 1 atom stereocenters. The third kappa shape index (κ3) is 3.53. The van der Waals surface area contributed by atoms with Gasteiger partial charge in [-0.25, -0.2) is 0 Å². The molecule has 3 nitrogen and oxygen atoms in total. The molecule has 0 aromatic carbocycles. The van der Waals surface area contributed by atoms with E-state index in [1.807, 2.05) is 19.5 Å². The molecule has 1 N–H and O–H groups in total. The summed E-state index contributed by atoms with van der Waals surface area (Å²) in [5, 5.41) is 3.58. The fraction of sp³-hybridized carbons (Fsp3) is 0.667. The summed E-state index contributed by atoms with van der Waals surface area (Å²) in [5.74, 6) is 0. The number of nitrogens with one attached hydrogen (secondary N) is 1. The van der Waals surface area contributed by atoms with E-state index in [1.54, 1.807) is 0 Å². The predicted octanol–water partition coefficient (Wildman–Crippen LogP) is 2.81. The molecule has 18 heavy (non-hydrogen) atoms. The van der Waals surface area contributed by atoms with Crippen molar-refractivity contribution in [2.24, 2.45) is 0 Å². The zero-order valence-corrected chi connectivity index (χ0v) is 12.1. The highest BCUT2D eigenvalue weighted by Gasteiger charge is 2.35. The molecule has 0 fully saturated rings. The van der Waals surface area contributed by atoms with Crippen molar-refractivity contribution in [1.82, 2.24) is 10.3 Å². The first-order valence-electron chi connectivity index (χ1n) is 6.89. The molecule has 0 aliphatic carbocycles. The molecule has 0 radical (unpaired) electrons. The van der Waals surface area contributed by atoms with Gasteiger partial charge in [0.05, 0.1) is 5.60 Å². The van der Waals surface area contributed by atoms with Crippen LogP contribution in [0.25, 0.3) is 0 Å². The normalized spacial score (nSPS) is 13.6. The topological polar surface area (TPSA) is 34.2 Å². The van der Waals surface area contributed by atoms with Crippen molar-refractivity contribution in [1.29, 1.82) is 0 Å². The number of hydrogen-bond acceptors (Lipinski definition) is 3. The van der Waals surface area contributed by atoms with Crippen LogP contribution >= 0.6 is 0 Å². The van der Waals surface area contributed by atoms with Gasteiger partial charge < -0.3 is 10.1 Å². The van der Waals surface area contributed by atoms with E-state index >= 15 is 0 Å². The number of aromatic nitrogens is 1. The Labute approximate surface area is 111 Å². The molecule has 0 spiro atoms. The number of nitrogens with zero attached hydrogens (tertiary/aromatic N) is 1. The Hall–Kier alpha value is -0.930. The maximum absolute atomic E-state index is 5.85. The van der Waals surface area contributed by atoms with Gasteiger partial charge in [0.25, 0.3) is 0 Å². The number of ether oxygens (including phenoxy) is 1. The summed E-state index contributed by atoms with van der Waals surface area (Å²) in [5.41, 5.74) is 1.22. The smallest absolute Gasteiger partial charge is 0.0828 e. The van der Waals surface area contributed by atoms with E-state index in [0.717, 1.165) is 25.8 Å². The zero-order valence-electron chi connectivity index (χ0n) is 12.1. The summed E-state index contributed by atoms with van der Waals surface area (Å²) in [7, 11) is 1.82. The van der Waals surface area contributed by atoms with Crippen molar-refractivity contribution in [3.8, 4) is 0 Å². The Balaban J connectivity index is 2.87. The molecule has 0 aliphatic heterocycles. The van der Waals surface area contributed by atoms with Gasteiger partial charge in [-0.2, -0.15) is 0 Å². The second kappa shape index (κ2) is 7.49. The minimum absolute atomic E-state index is 0.0840. The van der Waals surface area contributed by atoms with Crippen LogP contribution in [0.2, 0.25) is 0 Å². The van der Waals surface area contributed by atoms with E-state index in [0.29, 0.717) is 6.04 Å². The number of methoxy groups -OCH3 is 1. The van der Waals surface area contributed by atoms with Crippen molar-refractivity contribution in [2.45, 2.75) is 51.7 Å². The van der Waals surface area contributed by atoms with Gasteiger partial charge in [0.2, 0.25) is 0 Å². The van der Waals surface area contributed by atoms with Gasteiger partial charge in [-0.1, -0.05) is 20.8 Å². The monoisotopic (exact) mass is 250 g/mol. The van der Waals surface area contributed by atoms with Gasteiger partial charge in [0.1, 0.15) is 0 Å². The van der Waals surface area contributed by atoms with Gasteiger partial charge in [-0.05, 0) is 43.5 Å². The molecular formula is C15H26N2O. The van der Waals surface area contributed by atoms with Crippen molar-refractivity contribution >= 4 is 0 Å². The fourth-order valence-electron chi connectivity index (χ4n) is 2.62. The molecule has 0 aliphatic rings. The van der Waals surface area contributed by atoms with E-state index in [-0.39, 0.29) is 5.60 Å². The first kappa shape index (κ1) is 15.1. The average molecular weight is 250 g/mol. The molecule has 0 amide bonds. The fourth-order valence-corrected chi connectivity index (χ4v) is 2.62. The maximum Gasteiger partial charge on any atom is 0.0828 e. The molecule has 1 unspecified atom stereocenters. The van der Waals surface area contributed by atoms with Crippen molar-refractivity contribution in [3.63, 3.8) is 0 Å². The number of pyridine rings is 1. The first-order valence-corrected chi connectivity index (χ1v) is 6.89. The SMILES string of the molecule is CCNC(Cc1ccncc1)C(CC)(CC)OC. The van der Waals surface area contributed by atoms with Crippen LogP contribution in [0.15, 0.2) is 24.5 Å². The van der Waals surface area contributed by atoms with Crippen LogP contribution in [0.4, 0.5) is 0 Å². The van der Waals surface area contributed by atoms with Crippen molar-refractivity contribution in [2.75, 3.05) is 13.7 Å². The lowest BCUT2D eigenvalue weighted by Gasteiger charge is -2.39. The van der Waals surface area contributed by atoms with E-state index in [2.05, 4.69) is 43.2 Å². The van der Waals surface area contributed by atoms with Crippen LogP contribution in [0.3, 0.4) is 0 Å². The van der Waals surface area contributed by atoms with E-state index in [4.69, 9.17) is 4.74 Å². The molecule has 3 heteroatoms. The largest absolute Gasteiger partial charge is 0.377 e. The Morgan fingerprint density at radius 3 is 2.28 bits per heavy atom. The van der Waals surface area contributed by atoms with Crippen LogP contribution in [0, 0.1) is 0 Å². The number of likely N-dealkylation sites (N-methyl/N-ethyl adjacent to an activating group) is 1. The van der Waals surface area contributed by atoms with Crippen LogP contribution in [0.1, 0.15) is 39.2 Å². The predicted molar refractivity (Wildman–Crippen MR) is 75.7 cm³/mol. The lowest BCUT2D eigenvalue weighted by molar-refractivity contribution is -0.0468. The van der Waals surface area contributed by atoms with E-state index in [9.17, 15) is 0 Å². The van der Waals surface area contributed by atoms with Crippen LogP contribution in [-0.2, 0) is 11.2 Å². The van der Waals surface area contributed by atoms with Crippen LogP contribution < -0.4 is 5.32 Å². The highest BCUT2D eigenvalue weighted by atomic mass is 16.5. The van der Waals surface area contributed by atoms with Gasteiger partial charge in [-0.15, -0.1) is 0 Å². The minimum atomic E-state index is -0.0840. The van der Waals surface area contributed by atoms with Gasteiger partial charge >= 0.3 is 0 Å². The minimum Gasteiger partial charge on any atom is -0.377 e. The Bertz CT molecular complexity index is 314. The molecule has 1 heterocycles. The Morgan fingerprint density at radius 1 is 1.22 bits per heavy atom. The van der Waals surface area contributed by atoms with Gasteiger partial charge in [0.15, 0.2) is 0 Å². The second-order valence-corrected chi connectivity index (χ2v) is 4.65. The second-order valence-electron chi connectivity index (χ2n) is 4.65. The molecule has 1 aromatic heterocycles. The third-order valence-electron chi connectivity index (χ3n) is 3.88. The highest BCUT2D eigenvalue weighted by molar-refractivity contribution is 5.13. The molecule has 1 rings (SSSR count). The van der Waals surface area contributed by atoms with E-state index < -0.39 is 0 Å². The summed E-state index contributed by atoms with van der Waals surface area (Å²) in [4.78, 5) is 4.07. The molecule has 0 saturated carbocycles. The Morgan fingerprint density at radius 2 is 1.83 bits per heavy atom. The highest BCUT2D eigenvalue weighted by Crippen LogP contribution is 2.26. The maximum atomic E-state index is 5.85. The summed E-state index contributed by atoms with van der Waals surface area (Å²) < 4.78 is 5.85. The van der Waals surface area contributed by atoms with E-state index in [1.165, 1.54) is 5.56 Å². The molecule has 0 bridgehead atoms. The summed E-state index contributed by atoms with van der Waals surface area (Å²) in [6, 6.07) is 4.50. The van der Waals surface area contributed by atoms with Crippen molar-refractivity contribution in [3.05, 3.63) is 30.1 Å². The Kier molecular flexibility index (Phi) is 6.30. The van der Waals surface area contributed by atoms with Gasteiger partial charge in [0, 0.05) is 25.5 Å². The molecule has 1 aromatic rings. The summed E-state index contributed by atoms with van der Waals surface area (Å²) in [6.45, 7) is 7.50. The number of rotatable bonds is 8. The number of hydrogen-bond donors (Lipinski definition) is 1.